The van der Waals surface area contributed by atoms with Crippen molar-refractivity contribution in [2.75, 3.05) is 13.1 Å². The predicted octanol–water partition coefficient (Wildman–Crippen LogP) is 1.39. The van der Waals surface area contributed by atoms with Crippen molar-refractivity contribution in [2.45, 2.75) is 31.2 Å². The fraction of sp³-hybridized carbons (Fsp3) is 0.333. The van der Waals surface area contributed by atoms with Crippen molar-refractivity contribution >= 4 is 10.0 Å². The van der Waals surface area contributed by atoms with E-state index < -0.39 is 10.0 Å². The Morgan fingerprint density at radius 3 is 2.56 bits per heavy atom. The Bertz CT molecular complexity index is 1300. The molecule has 0 amide bonds. The van der Waals surface area contributed by atoms with E-state index >= 15 is 0 Å². The molecule has 5 rings (SSSR count). The number of hydrogen-bond acceptors (Lipinski definition) is 9. The van der Waals surface area contributed by atoms with E-state index in [4.69, 9.17) is 4.74 Å². The second-order valence-electron chi connectivity index (χ2n) is 7.92. The molecule has 1 fully saturated rings. The fourth-order valence-electron chi connectivity index (χ4n) is 3.80. The van der Waals surface area contributed by atoms with Crippen molar-refractivity contribution in [1.82, 2.24) is 44.5 Å². The van der Waals surface area contributed by atoms with Gasteiger partial charge in [0.2, 0.25) is 10.0 Å². The minimum absolute atomic E-state index is 0.0194. The molecule has 13 heteroatoms. The molecule has 1 saturated heterocycles. The van der Waals surface area contributed by atoms with Gasteiger partial charge in [0.25, 0.3) is 0 Å². The maximum Gasteiger partial charge on any atom is 0.218 e. The molecule has 4 heterocycles. The zero-order chi connectivity index (χ0) is 23.4. The highest BCUT2D eigenvalue weighted by Crippen LogP contribution is 2.24. The molecule has 0 aliphatic carbocycles. The van der Waals surface area contributed by atoms with Crippen LogP contribution in [0.3, 0.4) is 0 Å². The number of hydrogen-bond donors (Lipinski definition) is 0. The van der Waals surface area contributed by atoms with E-state index in [2.05, 4.69) is 30.7 Å². The first-order chi connectivity index (χ1) is 16.6. The van der Waals surface area contributed by atoms with E-state index in [1.54, 1.807) is 33.6 Å². The molecule has 34 heavy (non-hydrogen) atoms. The Labute approximate surface area is 196 Å². The SMILES string of the molecule is O=S(=O)(Cc1ccccc1)N1CCC(n2ncc(COc3ccc(-n4cnnn4)nc3)n2)CC1. The molecule has 12 nitrogen and oxygen atoms in total. The highest BCUT2D eigenvalue weighted by molar-refractivity contribution is 7.88. The van der Waals surface area contributed by atoms with Gasteiger partial charge in [0.1, 0.15) is 24.4 Å². The van der Waals surface area contributed by atoms with E-state index in [9.17, 15) is 8.42 Å². The smallest absolute Gasteiger partial charge is 0.218 e. The predicted molar refractivity (Wildman–Crippen MR) is 120 cm³/mol. The molecule has 1 aliphatic heterocycles. The summed E-state index contributed by atoms with van der Waals surface area (Å²) in [6.07, 6.45) is 6.04. The standard InChI is InChI=1S/C21H23N9O3S/c31-34(32,15-17-4-2-1-3-5-17)28-10-8-19(9-11-28)30-24-12-18(25-30)14-33-20-6-7-21(22-13-20)29-16-23-26-27-29/h1-7,12-13,16,19H,8-11,14-15H2. The third-order valence-corrected chi connectivity index (χ3v) is 7.43. The number of sulfonamides is 1. The number of tetrazole rings is 1. The van der Waals surface area contributed by atoms with Crippen LogP contribution in [0, 0.1) is 0 Å². The summed E-state index contributed by atoms with van der Waals surface area (Å²) in [7, 11) is -3.35. The number of piperidine rings is 1. The third-order valence-electron chi connectivity index (χ3n) is 5.58. The second kappa shape index (κ2) is 9.65. The number of nitrogens with zero attached hydrogens (tertiary/aromatic N) is 9. The highest BCUT2D eigenvalue weighted by atomic mass is 32.2. The summed E-state index contributed by atoms with van der Waals surface area (Å²) in [5.41, 5.74) is 1.48. The van der Waals surface area contributed by atoms with Gasteiger partial charge in [-0.1, -0.05) is 30.3 Å². The van der Waals surface area contributed by atoms with Gasteiger partial charge < -0.3 is 4.74 Å². The van der Waals surface area contributed by atoms with Crippen LogP contribution in [0.5, 0.6) is 5.75 Å². The first-order valence-corrected chi connectivity index (χ1v) is 12.4. The van der Waals surface area contributed by atoms with Crippen molar-refractivity contribution in [3.8, 4) is 11.6 Å². The van der Waals surface area contributed by atoms with Gasteiger partial charge in [-0.2, -0.15) is 19.7 Å². The Morgan fingerprint density at radius 1 is 1.03 bits per heavy atom. The molecule has 1 aliphatic rings. The van der Waals surface area contributed by atoms with Crippen LogP contribution in [-0.2, 0) is 22.4 Å². The van der Waals surface area contributed by atoms with Crippen LogP contribution in [-0.4, -0.2) is 66.0 Å². The highest BCUT2D eigenvalue weighted by Gasteiger charge is 2.29. The summed E-state index contributed by atoms with van der Waals surface area (Å²) in [4.78, 5) is 5.93. The van der Waals surface area contributed by atoms with Crippen molar-refractivity contribution < 1.29 is 13.2 Å². The Hall–Kier alpha value is -3.71. The molecule has 1 aromatic carbocycles. The van der Waals surface area contributed by atoms with Gasteiger partial charge in [-0.3, -0.25) is 0 Å². The summed E-state index contributed by atoms with van der Waals surface area (Å²) in [5.74, 6) is 1.19. The Morgan fingerprint density at radius 2 is 1.85 bits per heavy atom. The number of benzene rings is 1. The molecular weight excluding hydrogens is 458 g/mol. The maximum absolute atomic E-state index is 12.8. The fourth-order valence-corrected chi connectivity index (χ4v) is 5.36. The molecule has 0 N–H and O–H groups in total. The molecule has 0 unspecified atom stereocenters. The largest absolute Gasteiger partial charge is 0.486 e. The molecular formula is C21H23N9O3S. The van der Waals surface area contributed by atoms with Gasteiger partial charge in [-0.15, -0.1) is 5.10 Å². The monoisotopic (exact) mass is 481 g/mol. The van der Waals surface area contributed by atoms with Crippen LogP contribution in [0.4, 0.5) is 0 Å². The van der Waals surface area contributed by atoms with Gasteiger partial charge in [-0.05, 0) is 41.0 Å². The summed E-state index contributed by atoms with van der Waals surface area (Å²) in [6, 6.07) is 12.8. The Kier molecular flexibility index (Phi) is 6.27. The summed E-state index contributed by atoms with van der Waals surface area (Å²) >= 11 is 0. The van der Waals surface area contributed by atoms with Crippen molar-refractivity contribution in [3.63, 3.8) is 0 Å². The maximum atomic E-state index is 12.8. The lowest BCUT2D eigenvalue weighted by molar-refractivity contribution is 0.241. The Balaban J connectivity index is 1.13. The topological polar surface area (TPSA) is 134 Å². The zero-order valence-corrected chi connectivity index (χ0v) is 19.1. The van der Waals surface area contributed by atoms with Gasteiger partial charge in [0.05, 0.1) is 24.2 Å². The van der Waals surface area contributed by atoms with Crippen molar-refractivity contribution in [2.24, 2.45) is 0 Å². The molecule has 0 bridgehead atoms. The lowest BCUT2D eigenvalue weighted by atomic mass is 10.1. The molecule has 0 atom stereocenters. The van der Waals surface area contributed by atoms with Crippen LogP contribution >= 0.6 is 0 Å². The minimum Gasteiger partial charge on any atom is -0.486 e. The van der Waals surface area contributed by atoms with Crippen LogP contribution in [0.1, 0.15) is 30.1 Å². The minimum atomic E-state index is -3.35. The van der Waals surface area contributed by atoms with Crippen LogP contribution in [0.2, 0.25) is 0 Å². The van der Waals surface area contributed by atoms with Crippen LogP contribution in [0.25, 0.3) is 5.82 Å². The number of pyridine rings is 1. The van der Waals surface area contributed by atoms with E-state index in [0.29, 0.717) is 43.2 Å². The number of ether oxygens (including phenoxy) is 1. The summed E-state index contributed by atoms with van der Waals surface area (Å²) in [6.45, 7) is 1.15. The summed E-state index contributed by atoms with van der Waals surface area (Å²) in [5, 5.41) is 19.8. The van der Waals surface area contributed by atoms with E-state index in [0.717, 1.165) is 5.56 Å². The average Bonchev–Trinajstić information content (AvgIpc) is 3.56. The van der Waals surface area contributed by atoms with Gasteiger partial charge in [-0.25, -0.2) is 17.7 Å². The molecule has 3 aromatic heterocycles. The lowest BCUT2D eigenvalue weighted by Crippen LogP contribution is -2.40. The van der Waals surface area contributed by atoms with Gasteiger partial charge >= 0.3 is 0 Å². The lowest BCUT2D eigenvalue weighted by Gasteiger charge is -2.30. The van der Waals surface area contributed by atoms with Crippen molar-refractivity contribution in [1.29, 1.82) is 0 Å². The van der Waals surface area contributed by atoms with E-state index in [-0.39, 0.29) is 18.4 Å². The molecule has 0 saturated carbocycles. The average molecular weight is 482 g/mol. The van der Waals surface area contributed by atoms with Gasteiger partial charge in [0.15, 0.2) is 5.82 Å². The number of aromatic nitrogens is 8. The second-order valence-corrected chi connectivity index (χ2v) is 9.89. The molecule has 176 valence electrons. The zero-order valence-electron chi connectivity index (χ0n) is 18.3. The van der Waals surface area contributed by atoms with Crippen LogP contribution < -0.4 is 4.74 Å². The molecule has 0 spiro atoms. The third kappa shape index (κ3) is 5.10. The quantitative estimate of drug-likeness (QED) is 0.366. The van der Waals surface area contributed by atoms with Crippen molar-refractivity contribution in [3.05, 3.63) is 72.4 Å². The van der Waals surface area contributed by atoms with Crippen LogP contribution in [0.15, 0.2) is 61.2 Å². The first-order valence-electron chi connectivity index (χ1n) is 10.8. The molecule has 4 aromatic rings. The first kappa shape index (κ1) is 22.1. The number of rotatable bonds is 8. The molecule has 0 radical (unpaired) electrons. The summed E-state index contributed by atoms with van der Waals surface area (Å²) < 4.78 is 34.3. The van der Waals surface area contributed by atoms with Gasteiger partial charge in [0, 0.05) is 13.1 Å². The normalized spacial score (nSPS) is 15.4. The van der Waals surface area contributed by atoms with E-state index in [1.807, 2.05) is 30.3 Å². The van der Waals surface area contributed by atoms with E-state index in [1.165, 1.54) is 11.0 Å².